The zero-order chi connectivity index (χ0) is 13.9. The van der Waals surface area contributed by atoms with Gasteiger partial charge in [0.1, 0.15) is 5.82 Å². The summed E-state index contributed by atoms with van der Waals surface area (Å²) in [5.41, 5.74) is 7.62. The van der Waals surface area contributed by atoms with E-state index in [0.29, 0.717) is 21.9 Å². The maximum Gasteiger partial charge on any atom is 0.201 e. The number of nitrogens with two attached hydrogens (primary N) is 1. The van der Waals surface area contributed by atoms with Gasteiger partial charge in [0, 0.05) is 12.6 Å². The highest BCUT2D eigenvalue weighted by molar-refractivity contribution is 9.10. The normalized spacial score (nSPS) is 28.6. The molecule has 0 amide bonds. The van der Waals surface area contributed by atoms with Gasteiger partial charge >= 0.3 is 0 Å². The van der Waals surface area contributed by atoms with E-state index in [2.05, 4.69) is 25.5 Å². The average molecular weight is 338 g/mol. The first-order chi connectivity index (χ1) is 9.61. The lowest BCUT2D eigenvalue weighted by Crippen LogP contribution is -2.18. The molecule has 2 aromatic rings. The molecule has 2 aliphatic carbocycles. The number of aromatic nitrogens is 2. The molecule has 2 N–H and O–H groups in total. The number of anilines is 1. The van der Waals surface area contributed by atoms with Crippen LogP contribution < -0.4 is 5.73 Å². The molecule has 4 rings (SSSR count). The highest BCUT2D eigenvalue weighted by atomic mass is 79.9. The zero-order valence-electron chi connectivity index (χ0n) is 11.1. The predicted molar refractivity (Wildman–Crippen MR) is 80.7 cm³/mol. The lowest BCUT2D eigenvalue weighted by molar-refractivity contribution is 0.300. The van der Waals surface area contributed by atoms with Crippen molar-refractivity contribution in [3.8, 4) is 0 Å². The van der Waals surface area contributed by atoms with Crippen molar-refractivity contribution < 1.29 is 4.39 Å². The molecule has 3 nitrogen and oxygen atoms in total. The smallest absolute Gasteiger partial charge is 0.201 e. The van der Waals surface area contributed by atoms with E-state index in [0.717, 1.165) is 23.9 Å². The molecule has 5 heteroatoms. The molecule has 106 valence electrons. The van der Waals surface area contributed by atoms with Gasteiger partial charge in [-0.15, -0.1) is 0 Å². The lowest BCUT2D eigenvalue weighted by atomic mass is 9.89. The van der Waals surface area contributed by atoms with E-state index in [1.54, 1.807) is 6.07 Å². The SMILES string of the molecule is Nc1nc2cc(F)c(Br)cc2n1CC1CC2CCC1C2. The number of hydrogen-bond donors (Lipinski definition) is 1. The van der Waals surface area contributed by atoms with E-state index < -0.39 is 0 Å². The predicted octanol–water partition coefficient (Wildman–Crippen LogP) is 3.96. The van der Waals surface area contributed by atoms with E-state index in [9.17, 15) is 4.39 Å². The molecular weight excluding hydrogens is 321 g/mol. The van der Waals surface area contributed by atoms with E-state index in [4.69, 9.17) is 5.73 Å². The topological polar surface area (TPSA) is 43.8 Å². The van der Waals surface area contributed by atoms with Crippen LogP contribution in [0.15, 0.2) is 16.6 Å². The van der Waals surface area contributed by atoms with Crippen molar-refractivity contribution in [2.24, 2.45) is 17.8 Å². The molecule has 2 bridgehead atoms. The van der Waals surface area contributed by atoms with Crippen molar-refractivity contribution >= 4 is 32.9 Å². The van der Waals surface area contributed by atoms with Crippen molar-refractivity contribution in [1.82, 2.24) is 9.55 Å². The third-order valence-corrected chi connectivity index (χ3v) is 5.73. The van der Waals surface area contributed by atoms with Crippen molar-refractivity contribution in [1.29, 1.82) is 0 Å². The van der Waals surface area contributed by atoms with Crippen LogP contribution in [0, 0.1) is 23.6 Å². The van der Waals surface area contributed by atoms with Crippen LogP contribution in [-0.2, 0) is 6.54 Å². The first-order valence-electron chi connectivity index (χ1n) is 7.22. The van der Waals surface area contributed by atoms with Gasteiger partial charge in [-0.1, -0.05) is 6.42 Å². The van der Waals surface area contributed by atoms with Gasteiger partial charge in [-0.3, -0.25) is 0 Å². The molecule has 3 unspecified atom stereocenters. The van der Waals surface area contributed by atoms with Crippen molar-refractivity contribution in [2.45, 2.75) is 32.2 Å². The van der Waals surface area contributed by atoms with Gasteiger partial charge in [-0.25, -0.2) is 9.37 Å². The summed E-state index contributed by atoms with van der Waals surface area (Å²) < 4.78 is 16.1. The van der Waals surface area contributed by atoms with Crippen molar-refractivity contribution in [2.75, 3.05) is 5.73 Å². The molecule has 1 aromatic heterocycles. The zero-order valence-corrected chi connectivity index (χ0v) is 12.7. The minimum atomic E-state index is -0.290. The van der Waals surface area contributed by atoms with E-state index in [1.165, 1.54) is 31.7 Å². The molecule has 1 aromatic carbocycles. The largest absolute Gasteiger partial charge is 0.369 e. The molecule has 0 radical (unpaired) electrons. The second-order valence-corrected chi connectivity index (χ2v) is 7.12. The number of rotatable bonds is 2. The van der Waals surface area contributed by atoms with Gasteiger partial charge in [0.25, 0.3) is 0 Å². The molecule has 3 atom stereocenters. The Morgan fingerprint density at radius 2 is 2.20 bits per heavy atom. The van der Waals surface area contributed by atoms with Crippen LogP contribution in [0.3, 0.4) is 0 Å². The van der Waals surface area contributed by atoms with Crippen LogP contribution in [0.5, 0.6) is 0 Å². The van der Waals surface area contributed by atoms with E-state index >= 15 is 0 Å². The van der Waals surface area contributed by atoms with Crippen LogP contribution in [0.25, 0.3) is 11.0 Å². The molecule has 2 aliphatic rings. The van der Waals surface area contributed by atoms with Crippen LogP contribution in [-0.4, -0.2) is 9.55 Å². The molecule has 0 aliphatic heterocycles. The molecule has 1 heterocycles. The highest BCUT2D eigenvalue weighted by Crippen LogP contribution is 2.49. The third-order valence-electron chi connectivity index (χ3n) is 5.12. The summed E-state index contributed by atoms with van der Waals surface area (Å²) in [6.07, 6.45) is 5.46. The standard InChI is InChI=1S/C15H17BrFN3/c16-11-5-14-13(6-12(11)17)19-15(18)20(14)7-10-4-8-1-2-9(10)3-8/h5-6,8-10H,1-4,7H2,(H2,18,19). The maximum atomic E-state index is 13.6. The van der Waals surface area contributed by atoms with Gasteiger partial charge < -0.3 is 10.3 Å². The number of fused-ring (bicyclic) bond motifs is 3. The Hall–Kier alpha value is -1.10. The number of halogens is 2. The number of benzene rings is 1. The molecular formula is C15H17BrFN3. The number of nitrogens with zero attached hydrogens (tertiary/aromatic N) is 2. The van der Waals surface area contributed by atoms with Crippen LogP contribution >= 0.6 is 15.9 Å². The van der Waals surface area contributed by atoms with E-state index in [1.807, 2.05) is 0 Å². The van der Waals surface area contributed by atoms with Gasteiger partial charge in [0.15, 0.2) is 0 Å². The Morgan fingerprint density at radius 1 is 1.35 bits per heavy atom. The Morgan fingerprint density at radius 3 is 2.90 bits per heavy atom. The fourth-order valence-corrected chi connectivity index (χ4v) is 4.50. The summed E-state index contributed by atoms with van der Waals surface area (Å²) in [6.45, 7) is 0.918. The third kappa shape index (κ3) is 1.86. The monoisotopic (exact) mass is 337 g/mol. The molecule has 2 fully saturated rings. The molecule has 0 spiro atoms. The fourth-order valence-electron chi connectivity index (χ4n) is 4.17. The summed E-state index contributed by atoms with van der Waals surface area (Å²) in [6, 6.07) is 3.24. The molecule has 2 saturated carbocycles. The summed E-state index contributed by atoms with van der Waals surface area (Å²) in [4.78, 5) is 4.30. The summed E-state index contributed by atoms with van der Waals surface area (Å²) in [5.74, 6) is 2.69. The quantitative estimate of drug-likeness (QED) is 0.901. The number of nitrogen functional groups attached to an aromatic ring is 1. The van der Waals surface area contributed by atoms with Crippen LogP contribution in [0.2, 0.25) is 0 Å². The molecule has 20 heavy (non-hydrogen) atoms. The fraction of sp³-hybridized carbons (Fsp3) is 0.533. The molecule has 0 saturated heterocycles. The summed E-state index contributed by atoms with van der Waals surface area (Å²) in [5, 5.41) is 0. The highest BCUT2D eigenvalue weighted by Gasteiger charge is 2.39. The van der Waals surface area contributed by atoms with Crippen molar-refractivity contribution in [3.05, 3.63) is 22.4 Å². The Bertz CT molecular complexity index is 681. The first kappa shape index (κ1) is 12.6. The van der Waals surface area contributed by atoms with Gasteiger partial charge in [-0.05, 0) is 59.0 Å². The average Bonchev–Trinajstić information content (AvgIpc) is 3.08. The second kappa shape index (κ2) is 4.45. The summed E-state index contributed by atoms with van der Waals surface area (Å²) in [7, 11) is 0. The Labute approximate surface area is 125 Å². The summed E-state index contributed by atoms with van der Waals surface area (Å²) >= 11 is 3.25. The van der Waals surface area contributed by atoms with Gasteiger partial charge in [0.2, 0.25) is 5.95 Å². The minimum absolute atomic E-state index is 0.290. The number of hydrogen-bond acceptors (Lipinski definition) is 2. The Balaban J connectivity index is 1.72. The maximum absolute atomic E-state index is 13.6. The minimum Gasteiger partial charge on any atom is -0.369 e. The van der Waals surface area contributed by atoms with Crippen LogP contribution in [0.4, 0.5) is 10.3 Å². The Kier molecular flexibility index (Phi) is 2.81. The van der Waals surface area contributed by atoms with Gasteiger partial charge in [-0.2, -0.15) is 0 Å². The van der Waals surface area contributed by atoms with Crippen molar-refractivity contribution in [3.63, 3.8) is 0 Å². The van der Waals surface area contributed by atoms with E-state index in [-0.39, 0.29) is 5.82 Å². The van der Waals surface area contributed by atoms with Crippen LogP contribution in [0.1, 0.15) is 25.7 Å². The van der Waals surface area contributed by atoms with Gasteiger partial charge in [0.05, 0.1) is 15.5 Å². The first-order valence-corrected chi connectivity index (χ1v) is 8.02. The lowest BCUT2D eigenvalue weighted by Gasteiger charge is -2.22. The number of imidazole rings is 1. The second-order valence-electron chi connectivity index (χ2n) is 6.27.